The van der Waals surface area contributed by atoms with E-state index in [1.54, 1.807) is 6.92 Å². The van der Waals surface area contributed by atoms with Gasteiger partial charge in [0.15, 0.2) is 12.4 Å². The molecule has 0 fully saturated rings. The fraction of sp³-hybridized carbons (Fsp3) is 0.400. The molecule has 0 saturated carbocycles. The van der Waals surface area contributed by atoms with Gasteiger partial charge in [-0.2, -0.15) is 18.3 Å². The Morgan fingerprint density at radius 2 is 2.00 bits per heavy atom. The van der Waals surface area contributed by atoms with Crippen LogP contribution in [0.25, 0.3) is 0 Å². The van der Waals surface area contributed by atoms with Crippen LogP contribution in [0.4, 0.5) is 13.2 Å². The van der Waals surface area contributed by atoms with E-state index in [9.17, 15) is 18.0 Å². The van der Waals surface area contributed by atoms with Gasteiger partial charge >= 0.3 is 6.18 Å². The molecule has 0 unspecified atom stereocenters. The predicted molar refractivity (Wildman–Crippen MR) is 79.2 cm³/mol. The Labute approximate surface area is 136 Å². The zero-order valence-corrected chi connectivity index (χ0v) is 13.1. The molecule has 1 aromatic carbocycles. The van der Waals surface area contributed by atoms with Gasteiger partial charge in [-0.25, -0.2) is 4.98 Å². The molecule has 0 aliphatic heterocycles. The number of aromatic nitrogens is 3. The summed E-state index contributed by atoms with van der Waals surface area (Å²) >= 11 is 0. The molecule has 0 saturated heterocycles. The third-order valence-electron chi connectivity index (χ3n) is 3.22. The first-order valence-electron chi connectivity index (χ1n) is 7.28. The molecule has 1 aromatic heterocycles. The van der Waals surface area contributed by atoms with Crippen LogP contribution in [0.3, 0.4) is 0 Å². The molecule has 24 heavy (non-hydrogen) atoms. The summed E-state index contributed by atoms with van der Waals surface area (Å²) in [6.45, 7) is 3.30. The zero-order valence-electron chi connectivity index (χ0n) is 13.1. The average molecular weight is 342 g/mol. The molecule has 0 radical (unpaired) electrons. The van der Waals surface area contributed by atoms with Crippen molar-refractivity contribution in [2.75, 3.05) is 6.61 Å². The summed E-state index contributed by atoms with van der Waals surface area (Å²) in [6, 6.07) is 3.79. The Kier molecular flexibility index (Phi) is 5.42. The second-order valence-corrected chi connectivity index (χ2v) is 5.12. The Balaban J connectivity index is 1.88. The van der Waals surface area contributed by atoms with E-state index in [1.807, 2.05) is 6.92 Å². The smallest absolute Gasteiger partial charge is 0.416 e. The monoisotopic (exact) mass is 342 g/mol. The number of nitrogens with zero attached hydrogens (tertiary/aromatic N) is 2. The number of halogens is 3. The van der Waals surface area contributed by atoms with Crippen LogP contribution in [-0.2, 0) is 11.0 Å². The fourth-order valence-corrected chi connectivity index (χ4v) is 1.99. The fourth-order valence-electron chi connectivity index (χ4n) is 1.99. The Morgan fingerprint density at radius 3 is 2.50 bits per heavy atom. The van der Waals surface area contributed by atoms with Gasteiger partial charge in [-0.15, -0.1) is 0 Å². The minimum Gasteiger partial charge on any atom is -0.484 e. The van der Waals surface area contributed by atoms with Crippen LogP contribution in [0, 0.1) is 6.92 Å². The minimum absolute atomic E-state index is 0.180. The Hall–Kier alpha value is -2.58. The van der Waals surface area contributed by atoms with E-state index in [0.717, 1.165) is 12.1 Å². The number of amides is 1. The summed E-state index contributed by atoms with van der Waals surface area (Å²) in [4.78, 5) is 16.1. The number of alkyl halides is 3. The van der Waals surface area contributed by atoms with Gasteiger partial charge < -0.3 is 10.1 Å². The SMILES string of the molecule is CC[C@H](NC(=O)COc1ccc(C(F)(F)F)cc1)c1n[nH]c(C)n1. The van der Waals surface area contributed by atoms with Gasteiger partial charge in [0.2, 0.25) is 0 Å². The van der Waals surface area contributed by atoms with E-state index in [2.05, 4.69) is 20.5 Å². The Bertz CT molecular complexity index is 683. The standard InChI is InChI=1S/C15H17F3N4O2/c1-3-12(14-19-9(2)21-22-14)20-13(23)8-24-11-6-4-10(5-7-11)15(16,17)18/h4-7,12H,3,8H2,1-2H3,(H,20,23)(H,19,21,22)/t12-/m0/s1. The maximum absolute atomic E-state index is 12.5. The van der Waals surface area contributed by atoms with Gasteiger partial charge in [0, 0.05) is 0 Å². The van der Waals surface area contributed by atoms with Crippen molar-refractivity contribution in [3.63, 3.8) is 0 Å². The van der Waals surface area contributed by atoms with Gasteiger partial charge in [-0.05, 0) is 37.6 Å². The van der Waals surface area contributed by atoms with E-state index in [1.165, 1.54) is 12.1 Å². The van der Waals surface area contributed by atoms with E-state index < -0.39 is 17.6 Å². The van der Waals surface area contributed by atoms with Crippen molar-refractivity contribution in [1.82, 2.24) is 20.5 Å². The highest BCUT2D eigenvalue weighted by atomic mass is 19.4. The van der Waals surface area contributed by atoms with Crippen LogP contribution in [0.5, 0.6) is 5.75 Å². The van der Waals surface area contributed by atoms with E-state index in [0.29, 0.717) is 18.1 Å². The molecule has 0 aliphatic carbocycles. The molecule has 0 spiro atoms. The first kappa shape index (κ1) is 17.8. The second kappa shape index (κ2) is 7.33. The van der Waals surface area contributed by atoms with Crippen LogP contribution in [-0.4, -0.2) is 27.7 Å². The molecule has 130 valence electrons. The van der Waals surface area contributed by atoms with E-state index in [4.69, 9.17) is 4.74 Å². The molecule has 9 heteroatoms. The van der Waals surface area contributed by atoms with Crippen molar-refractivity contribution in [1.29, 1.82) is 0 Å². The topological polar surface area (TPSA) is 79.9 Å². The number of hydrogen-bond donors (Lipinski definition) is 2. The molecule has 6 nitrogen and oxygen atoms in total. The number of ether oxygens (including phenoxy) is 1. The van der Waals surface area contributed by atoms with Crippen molar-refractivity contribution >= 4 is 5.91 Å². The quantitative estimate of drug-likeness (QED) is 0.846. The van der Waals surface area contributed by atoms with Crippen molar-refractivity contribution in [3.05, 3.63) is 41.5 Å². The molecule has 2 rings (SSSR count). The lowest BCUT2D eigenvalue weighted by Crippen LogP contribution is -2.33. The van der Waals surface area contributed by atoms with Gasteiger partial charge in [0.05, 0.1) is 11.6 Å². The number of nitrogens with one attached hydrogen (secondary N) is 2. The first-order valence-corrected chi connectivity index (χ1v) is 7.28. The van der Waals surface area contributed by atoms with Crippen LogP contribution in [0.2, 0.25) is 0 Å². The maximum atomic E-state index is 12.5. The van der Waals surface area contributed by atoms with Gasteiger partial charge in [-0.1, -0.05) is 6.92 Å². The van der Waals surface area contributed by atoms with E-state index >= 15 is 0 Å². The number of rotatable bonds is 6. The average Bonchev–Trinajstić information content (AvgIpc) is 2.96. The van der Waals surface area contributed by atoms with Crippen molar-refractivity contribution in [3.8, 4) is 5.75 Å². The second-order valence-electron chi connectivity index (χ2n) is 5.12. The summed E-state index contributed by atoms with van der Waals surface area (Å²) in [5.74, 6) is 0.876. The number of aromatic amines is 1. The third kappa shape index (κ3) is 4.71. The molecule has 1 atom stereocenters. The summed E-state index contributed by atoms with van der Waals surface area (Å²) in [6.07, 6.45) is -3.82. The summed E-state index contributed by atoms with van der Waals surface area (Å²) in [7, 11) is 0. The molecule has 0 aliphatic rings. The van der Waals surface area contributed by atoms with Crippen molar-refractivity contribution < 1.29 is 22.7 Å². The van der Waals surface area contributed by atoms with Gasteiger partial charge in [0.25, 0.3) is 5.91 Å². The van der Waals surface area contributed by atoms with Crippen molar-refractivity contribution in [2.24, 2.45) is 0 Å². The van der Waals surface area contributed by atoms with Crippen LogP contribution >= 0.6 is 0 Å². The number of H-pyrrole nitrogens is 1. The van der Waals surface area contributed by atoms with Crippen LogP contribution in [0.15, 0.2) is 24.3 Å². The normalized spacial score (nSPS) is 12.7. The highest BCUT2D eigenvalue weighted by Crippen LogP contribution is 2.30. The summed E-state index contributed by atoms with van der Waals surface area (Å²) in [5, 5.41) is 9.40. The number of benzene rings is 1. The van der Waals surface area contributed by atoms with Crippen LogP contribution in [0.1, 0.15) is 36.6 Å². The summed E-state index contributed by atoms with van der Waals surface area (Å²) in [5.41, 5.74) is -0.773. The highest BCUT2D eigenvalue weighted by molar-refractivity contribution is 5.77. The van der Waals surface area contributed by atoms with Gasteiger partial charge in [0.1, 0.15) is 11.6 Å². The number of hydrogen-bond acceptors (Lipinski definition) is 4. The van der Waals surface area contributed by atoms with Crippen LogP contribution < -0.4 is 10.1 Å². The van der Waals surface area contributed by atoms with E-state index in [-0.39, 0.29) is 18.4 Å². The summed E-state index contributed by atoms with van der Waals surface area (Å²) < 4.78 is 42.6. The minimum atomic E-state index is -4.40. The zero-order chi connectivity index (χ0) is 17.7. The largest absolute Gasteiger partial charge is 0.484 e. The third-order valence-corrected chi connectivity index (χ3v) is 3.22. The lowest BCUT2D eigenvalue weighted by molar-refractivity contribution is -0.137. The number of carbonyl (C=O) groups excluding carboxylic acids is 1. The molecular formula is C15H17F3N4O2. The lowest BCUT2D eigenvalue weighted by atomic mass is 10.2. The molecule has 2 aromatic rings. The maximum Gasteiger partial charge on any atom is 0.416 e. The molecule has 0 bridgehead atoms. The van der Waals surface area contributed by atoms with Gasteiger partial charge in [-0.3, -0.25) is 9.89 Å². The number of carbonyl (C=O) groups is 1. The lowest BCUT2D eigenvalue weighted by Gasteiger charge is -2.14. The Morgan fingerprint density at radius 1 is 1.33 bits per heavy atom. The first-order chi connectivity index (χ1) is 11.3. The predicted octanol–water partition coefficient (Wildman–Crippen LogP) is 2.78. The molecular weight excluding hydrogens is 325 g/mol. The molecule has 1 heterocycles. The molecule has 2 N–H and O–H groups in total. The molecule has 1 amide bonds. The number of aryl methyl sites for hydroxylation is 1. The highest BCUT2D eigenvalue weighted by Gasteiger charge is 2.30. The van der Waals surface area contributed by atoms with Crippen molar-refractivity contribution in [2.45, 2.75) is 32.5 Å².